The molecule has 25 heavy (non-hydrogen) atoms. The Morgan fingerprint density at radius 2 is 1.64 bits per heavy atom. The Morgan fingerprint density at radius 1 is 1.00 bits per heavy atom. The van der Waals surface area contributed by atoms with Gasteiger partial charge in [0.05, 0.1) is 0 Å². The van der Waals surface area contributed by atoms with Crippen LogP contribution in [0.25, 0.3) is 6.08 Å². The average molecular weight is 338 g/mol. The van der Waals surface area contributed by atoms with Gasteiger partial charge < -0.3 is 5.32 Å². The molecule has 1 saturated heterocycles. The van der Waals surface area contributed by atoms with Crippen LogP contribution in [0, 0.1) is 5.82 Å². The third kappa shape index (κ3) is 5.54. The molecule has 0 bridgehead atoms. The van der Waals surface area contributed by atoms with Crippen molar-refractivity contribution in [2.24, 2.45) is 0 Å². The van der Waals surface area contributed by atoms with Gasteiger partial charge in [0.25, 0.3) is 0 Å². The Balaban J connectivity index is 1.45. The van der Waals surface area contributed by atoms with E-state index in [2.05, 4.69) is 34.5 Å². The minimum Gasteiger partial charge on any atom is -0.348 e. The molecular weight excluding hydrogens is 315 g/mol. The zero-order valence-electron chi connectivity index (χ0n) is 14.2. The first-order valence-corrected chi connectivity index (χ1v) is 8.71. The molecule has 1 N–H and O–H groups in total. The predicted octanol–water partition coefficient (Wildman–Crippen LogP) is 3.75. The van der Waals surface area contributed by atoms with Gasteiger partial charge in [-0.1, -0.05) is 36.4 Å². The third-order valence-electron chi connectivity index (χ3n) is 4.39. The van der Waals surface area contributed by atoms with Crippen molar-refractivity contribution in [2.45, 2.75) is 25.9 Å². The molecule has 0 unspecified atom stereocenters. The molecule has 0 radical (unpaired) electrons. The number of carbonyl (C=O) groups excluding carboxylic acids is 1. The smallest absolute Gasteiger partial charge is 0.244 e. The molecule has 2 aromatic carbocycles. The Bertz CT molecular complexity index is 717. The van der Waals surface area contributed by atoms with Gasteiger partial charge in [-0.05, 0) is 60.8 Å². The number of carbonyl (C=O) groups is 1. The lowest BCUT2D eigenvalue weighted by atomic mass is 10.1. The van der Waals surface area contributed by atoms with Crippen molar-refractivity contribution >= 4 is 12.0 Å². The van der Waals surface area contributed by atoms with E-state index in [9.17, 15) is 9.18 Å². The van der Waals surface area contributed by atoms with Crippen LogP contribution in [0.2, 0.25) is 0 Å². The minimum atomic E-state index is -0.283. The van der Waals surface area contributed by atoms with Crippen molar-refractivity contribution < 1.29 is 9.18 Å². The molecule has 0 saturated carbocycles. The summed E-state index contributed by atoms with van der Waals surface area (Å²) < 4.78 is 12.8. The lowest BCUT2D eigenvalue weighted by Gasteiger charge is -2.14. The quantitative estimate of drug-likeness (QED) is 0.814. The van der Waals surface area contributed by atoms with Crippen LogP contribution < -0.4 is 5.32 Å². The van der Waals surface area contributed by atoms with E-state index in [1.54, 1.807) is 18.2 Å². The molecule has 0 aromatic heterocycles. The fourth-order valence-electron chi connectivity index (χ4n) is 2.96. The van der Waals surface area contributed by atoms with E-state index in [4.69, 9.17) is 0 Å². The molecule has 0 atom stereocenters. The lowest BCUT2D eigenvalue weighted by molar-refractivity contribution is -0.116. The lowest BCUT2D eigenvalue weighted by Crippen LogP contribution is -2.20. The summed E-state index contributed by atoms with van der Waals surface area (Å²) in [5, 5.41) is 2.86. The van der Waals surface area contributed by atoms with Gasteiger partial charge in [0, 0.05) is 19.2 Å². The number of halogens is 1. The first-order chi connectivity index (χ1) is 12.2. The molecular formula is C21H23FN2O. The second-order valence-corrected chi connectivity index (χ2v) is 6.40. The topological polar surface area (TPSA) is 32.3 Å². The van der Waals surface area contributed by atoms with Gasteiger partial charge in [-0.25, -0.2) is 4.39 Å². The van der Waals surface area contributed by atoms with Crippen molar-refractivity contribution in [1.82, 2.24) is 10.2 Å². The van der Waals surface area contributed by atoms with Gasteiger partial charge in [0.1, 0.15) is 5.82 Å². The minimum absolute atomic E-state index is 0.162. The number of benzene rings is 2. The average Bonchev–Trinajstić information content (AvgIpc) is 3.14. The summed E-state index contributed by atoms with van der Waals surface area (Å²) >= 11 is 0. The zero-order valence-corrected chi connectivity index (χ0v) is 14.2. The standard InChI is InChI=1S/C21H23FN2O/c22-20-10-7-17(8-11-20)9-12-21(25)23-15-18-3-5-19(6-4-18)16-24-13-1-2-14-24/h3-12H,1-2,13-16H2,(H,23,25)/b12-9+. The molecule has 1 aliphatic rings. The van der Waals surface area contributed by atoms with Crippen molar-refractivity contribution in [3.63, 3.8) is 0 Å². The molecule has 3 rings (SSSR count). The molecule has 0 spiro atoms. The summed E-state index contributed by atoms with van der Waals surface area (Å²) in [6.07, 6.45) is 5.74. The molecule has 3 nitrogen and oxygen atoms in total. The van der Waals surface area contributed by atoms with Crippen molar-refractivity contribution in [1.29, 1.82) is 0 Å². The maximum absolute atomic E-state index is 12.8. The van der Waals surface area contributed by atoms with Crippen LogP contribution in [0.3, 0.4) is 0 Å². The molecule has 2 aromatic rings. The molecule has 1 amide bonds. The van der Waals surface area contributed by atoms with E-state index < -0.39 is 0 Å². The van der Waals surface area contributed by atoms with Crippen LogP contribution in [0.5, 0.6) is 0 Å². The van der Waals surface area contributed by atoms with Crippen LogP contribution in [0.15, 0.2) is 54.6 Å². The molecule has 1 aliphatic heterocycles. The highest BCUT2D eigenvalue weighted by Crippen LogP contribution is 2.13. The fourth-order valence-corrected chi connectivity index (χ4v) is 2.96. The van der Waals surface area contributed by atoms with Crippen LogP contribution in [0.4, 0.5) is 4.39 Å². The predicted molar refractivity (Wildman–Crippen MR) is 98.2 cm³/mol. The van der Waals surface area contributed by atoms with Gasteiger partial charge in [0.15, 0.2) is 0 Å². The highest BCUT2D eigenvalue weighted by atomic mass is 19.1. The SMILES string of the molecule is O=C(/C=C/c1ccc(F)cc1)NCc1ccc(CN2CCCC2)cc1. The largest absolute Gasteiger partial charge is 0.348 e. The normalized spacial score (nSPS) is 14.9. The van der Waals surface area contributed by atoms with Crippen LogP contribution >= 0.6 is 0 Å². The number of hydrogen-bond donors (Lipinski definition) is 1. The number of rotatable bonds is 6. The number of nitrogens with one attached hydrogen (secondary N) is 1. The maximum atomic E-state index is 12.8. The van der Waals surface area contributed by atoms with Crippen molar-refractivity contribution in [3.8, 4) is 0 Å². The summed E-state index contributed by atoms with van der Waals surface area (Å²) in [6, 6.07) is 14.4. The summed E-state index contributed by atoms with van der Waals surface area (Å²) in [5.74, 6) is -0.444. The highest BCUT2D eigenvalue weighted by Gasteiger charge is 2.11. The van der Waals surface area contributed by atoms with E-state index in [0.717, 1.165) is 17.7 Å². The Morgan fingerprint density at radius 3 is 2.32 bits per heavy atom. The first-order valence-electron chi connectivity index (χ1n) is 8.71. The van der Waals surface area contributed by atoms with Crippen LogP contribution in [-0.4, -0.2) is 23.9 Å². The third-order valence-corrected chi connectivity index (χ3v) is 4.39. The van der Waals surface area contributed by atoms with E-state index in [1.165, 1.54) is 49.7 Å². The van der Waals surface area contributed by atoms with Gasteiger partial charge in [-0.2, -0.15) is 0 Å². The fraction of sp³-hybridized carbons (Fsp3) is 0.286. The zero-order chi connectivity index (χ0) is 17.5. The summed E-state index contributed by atoms with van der Waals surface area (Å²) in [5.41, 5.74) is 3.18. The summed E-state index contributed by atoms with van der Waals surface area (Å²) in [4.78, 5) is 14.3. The van der Waals surface area contributed by atoms with Crippen molar-refractivity contribution in [2.75, 3.05) is 13.1 Å². The van der Waals surface area contributed by atoms with Crippen LogP contribution in [-0.2, 0) is 17.9 Å². The second kappa shape index (κ2) is 8.58. The van der Waals surface area contributed by atoms with Gasteiger partial charge in [-0.3, -0.25) is 9.69 Å². The molecule has 130 valence electrons. The Labute approximate surface area is 148 Å². The van der Waals surface area contributed by atoms with Crippen LogP contribution in [0.1, 0.15) is 29.5 Å². The number of hydrogen-bond acceptors (Lipinski definition) is 2. The highest BCUT2D eigenvalue weighted by molar-refractivity contribution is 5.91. The molecule has 0 aliphatic carbocycles. The van der Waals surface area contributed by atoms with E-state index in [-0.39, 0.29) is 11.7 Å². The Hall–Kier alpha value is -2.46. The number of nitrogens with zero attached hydrogens (tertiary/aromatic N) is 1. The second-order valence-electron chi connectivity index (χ2n) is 6.40. The summed E-state index contributed by atoms with van der Waals surface area (Å²) in [7, 11) is 0. The molecule has 1 fully saturated rings. The van der Waals surface area contributed by atoms with E-state index in [0.29, 0.717) is 6.54 Å². The summed E-state index contributed by atoms with van der Waals surface area (Å²) in [6.45, 7) is 3.89. The van der Waals surface area contributed by atoms with Gasteiger partial charge in [-0.15, -0.1) is 0 Å². The van der Waals surface area contributed by atoms with E-state index in [1.807, 2.05) is 0 Å². The van der Waals surface area contributed by atoms with Crippen molar-refractivity contribution in [3.05, 3.63) is 77.1 Å². The maximum Gasteiger partial charge on any atom is 0.244 e. The molecule has 4 heteroatoms. The Kier molecular flexibility index (Phi) is 5.96. The van der Waals surface area contributed by atoms with E-state index >= 15 is 0 Å². The monoisotopic (exact) mass is 338 g/mol. The number of likely N-dealkylation sites (tertiary alicyclic amines) is 1. The van der Waals surface area contributed by atoms with Gasteiger partial charge in [0.2, 0.25) is 5.91 Å². The first kappa shape index (κ1) is 17.4. The van der Waals surface area contributed by atoms with Gasteiger partial charge >= 0.3 is 0 Å². The molecule has 1 heterocycles. The number of amides is 1.